The molecule has 0 aliphatic carbocycles. The quantitative estimate of drug-likeness (QED) is 0.762. The van der Waals surface area contributed by atoms with Crippen molar-refractivity contribution in [2.45, 2.75) is 60.1 Å². The Labute approximate surface area is 100 Å². The third-order valence-electron chi connectivity index (χ3n) is 2.76. The minimum atomic E-state index is -0.262. The monoisotopic (exact) mass is 231 g/mol. The second-order valence-electron chi connectivity index (χ2n) is 6.79. The summed E-state index contributed by atoms with van der Waals surface area (Å²) < 4.78 is 5.68. The second-order valence-corrected chi connectivity index (χ2v) is 6.79. The van der Waals surface area contributed by atoms with E-state index in [1.165, 1.54) is 0 Å². The van der Waals surface area contributed by atoms with Gasteiger partial charge in [-0.3, -0.25) is 0 Å². The van der Waals surface area contributed by atoms with E-state index in [1.54, 1.807) is 0 Å². The van der Waals surface area contributed by atoms with Gasteiger partial charge in [-0.05, 0) is 17.3 Å². The maximum absolute atomic E-state index is 9.28. The first kappa shape index (κ1) is 15.9. The maximum atomic E-state index is 9.28. The molecule has 98 valence electrons. The third-order valence-corrected chi connectivity index (χ3v) is 2.76. The standard InChI is InChI=1S/C13H29NO2/c1-12(2,3)7-8-16-10(9-15)11(14)13(4,5)6/h10-11,15H,7-9,14H2,1-6H3. The van der Waals surface area contributed by atoms with Crippen molar-refractivity contribution in [1.29, 1.82) is 0 Å². The van der Waals surface area contributed by atoms with Gasteiger partial charge in [-0.15, -0.1) is 0 Å². The van der Waals surface area contributed by atoms with Crippen LogP contribution >= 0.6 is 0 Å². The molecule has 0 fully saturated rings. The predicted octanol–water partition coefficient (Wildman–Crippen LogP) is 2.17. The molecule has 0 aromatic carbocycles. The second kappa shape index (κ2) is 5.99. The molecule has 2 atom stereocenters. The van der Waals surface area contributed by atoms with Crippen LogP contribution in [0.2, 0.25) is 0 Å². The fourth-order valence-electron chi connectivity index (χ4n) is 1.34. The highest BCUT2D eigenvalue weighted by molar-refractivity contribution is 4.84. The van der Waals surface area contributed by atoms with E-state index in [4.69, 9.17) is 10.5 Å². The topological polar surface area (TPSA) is 55.5 Å². The zero-order valence-corrected chi connectivity index (χ0v) is 11.7. The lowest BCUT2D eigenvalue weighted by molar-refractivity contribution is -0.0318. The first-order chi connectivity index (χ1) is 7.08. The normalized spacial score (nSPS) is 17.2. The molecule has 0 bridgehead atoms. The third kappa shape index (κ3) is 6.46. The fraction of sp³-hybridized carbons (Fsp3) is 1.00. The Kier molecular flexibility index (Phi) is 5.94. The summed E-state index contributed by atoms with van der Waals surface area (Å²) in [5, 5.41) is 9.28. The van der Waals surface area contributed by atoms with E-state index in [0.717, 1.165) is 6.42 Å². The molecule has 0 amide bonds. The molecule has 0 saturated heterocycles. The maximum Gasteiger partial charge on any atom is 0.0961 e. The summed E-state index contributed by atoms with van der Waals surface area (Å²) in [7, 11) is 0. The van der Waals surface area contributed by atoms with Crippen LogP contribution in [0.15, 0.2) is 0 Å². The molecule has 0 heterocycles. The van der Waals surface area contributed by atoms with Gasteiger partial charge < -0.3 is 15.6 Å². The van der Waals surface area contributed by atoms with Gasteiger partial charge in [0, 0.05) is 12.6 Å². The smallest absolute Gasteiger partial charge is 0.0961 e. The Bertz CT molecular complexity index is 191. The zero-order chi connectivity index (χ0) is 13.0. The van der Waals surface area contributed by atoms with Crippen LogP contribution in [0.25, 0.3) is 0 Å². The molecule has 0 aromatic rings. The predicted molar refractivity (Wildman–Crippen MR) is 68.3 cm³/mol. The van der Waals surface area contributed by atoms with Crippen molar-refractivity contribution in [3.05, 3.63) is 0 Å². The van der Waals surface area contributed by atoms with Gasteiger partial charge >= 0.3 is 0 Å². The lowest BCUT2D eigenvalue weighted by atomic mass is 9.84. The summed E-state index contributed by atoms with van der Waals surface area (Å²) in [4.78, 5) is 0. The highest BCUT2D eigenvalue weighted by atomic mass is 16.5. The summed E-state index contributed by atoms with van der Waals surface area (Å²) in [6, 6.07) is -0.141. The van der Waals surface area contributed by atoms with E-state index in [-0.39, 0.29) is 29.6 Å². The molecule has 16 heavy (non-hydrogen) atoms. The molecular weight excluding hydrogens is 202 g/mol. The van der Waals surface area contributed by atoms with E-state index in [9.17, 15) is 5.11 Å². The number of rotatable bonds is 5. The van der Waals surface area contributed by atoms with E-state index in [1.807, 2.05) is 0 Å². The van der Waals surface area contributed by atoms with Gasteiger partial charge in [0.1, 0.15) is 0 Å². The average molecular weight is 231 g/mol. The minimum absolute atomic E-state index is 0.0113. The van der Waals surface area contributed by atoms with Crippen molar-refractivity contribution in [3.8, 4) is 0 Å². The number of hydrogen-bond donors (Lipinski definition) is 2. The Balaban J connectivity index is 4.12. The van der Waals surface area contributed by atoms with E-state index in [0.29, 0.717) is 6.61 Å². The molecule has 0 rings (SSSR count). The largest absolute Gasteiger partial charge is 0.394 e. The summed E-state index contributed by atoms with van der Waals surface area (Å²) in [5.41, 5.74) is 6.28. The summed E-state index contributed by atoms with van der Waals surface area (Å²) in [6.07, 6.45) is 0.711. The molecule has 3 N–H and O–H groups in total. The van der Waals surface area contributed by atoms with Crippen LogP contribution in [0.4, 0.5) is 0 Å². The molecule has 2 unspecified atom stereocenters. The van der Waals surface area contributed by atoms with Gasteiger partial charge in [0.05, 0.1) is 12.7 Å². The number of hydrogen-bond acceptors (Lipinski definition) is 3. The summed E-state index contributed by atoms with van der Waals surface area (Å²) in [5.74, 6) is 0. The van der Waals surface area contributed by atoms with Crippen LogP contribution in [0, 0.1) is 10.8 Å². The van der Waals surface area contributed by atoms with Crippen LogP contribution in [0.3, 0.4) is 0 Å². The van der Waals surface area contributed by atoms with Gasteiger partial charge in [-0.2, -0.15) is 0 Å². The molecule has 0 saturated carbocycles. The zero-order valence-electron chi connectivity index (χ0n) is 11.7. The molecule has 0 aliphatic rings. The Morgan fingerprint density at radius 2 is 1.62 bits per heavy atom. The van der Waals surface area contributed by atoms with Crippen molar-refractivity contribution in [2.24, 2.45) is 16.6 Å². The SMILES string of the molecule is CC(C)(C)CCOC(CO)C(N)C(C)(C)C. The minimum Gasteiger partial charge on any atom is -0.394 e. The van der Waals surface area contributed by atoms with E-state index < -0.39 is 0 Å². The highest BCUT2D eigenvalue weighted by Crippen LogP contribution is 2.23. The van der Waals surface area contributed by atoms with Crippen molar-refractivity contribution < 1.29 is 9.84 Å². The van der Waals surface area contributed by atoms with Gasteiger partial charge in [-0.25, -0.2) is 0 Å². The first-order valence-corrected chi connectivity index (χ1v) is 6.06. The lowest BCUT2D eigenvalue weighted by Gasteiger charge is -2.33. The van der Waals surface area contributed by atoms with Crippen LogP contribution in [0.1, 0.15) is 48.0 Å². The molecule has 0 aromatic heterocycles. The summed E-state index contributed by atoms with van der Waals surface area (Å²) >= 11 is 0. The average Bonchev–Trinajstić information content (AvgIpc) is 2.08. The van der Waals surface area contributed by atoms with Crippen LogP contribution in [-0.4, -0.2) is 30.5 Å². The molecule has 3 heteroatoms. The van der Waals surface area contributed by atoms with Gasteiger partial charge in [-0.1, -0.05) is 41.5 Å². The molecule has 0 aliphatic heterocycles. The van der Waals surface area contributed by atoms with Crippen molar-refractivity contribution in [3.63, 3.8) is 0 Å². The number of aliphatic hydroxyl groups is 1. The Morgan fingerprint density at radius 3 is 1.94 bits per heavy atom. The molecule has 0 radical (unpaired) electrons. The van der Waals surface area contributed by atoms with Crippen molar-refractivity contribution in [1.82, 2.24) is 0 Å². The van der Waals surface area contributed by atoms with Crippen LogP contribution in [0.5, 0.6) is 0 Å². The number of ether oxygens (including phenoxy) is 1. The summed E-state index contributed by atoms with van der Waals surface area (Å²) in [6.45, 7) is 13.4. The van der Waals surface area contributed by atoms with Crippen molar-refractivity contribution in [2.75, 3.05) is 13.2 Å². The van der Waals surface area contributed by atoms with Crippen LogP contribution in [-0.2, 0) is 4.74 Å². The fourth-order valence-corrected chi connectivity index (χ4v) is 1.34. The van der Waals surface area contributed by atoms with Crippen LogP contribution < -0.4 is 5.73 Å². The Hall–Kier alpha value is -0.120. The van der Waals surface area contributed by atoms with E-state index >= 15 is 0 Å². The number of nitrogens with two attached hydrogens (primary N) is 1. The molecular formula is C13H29NO2. The Morgan fingerprint density at radius 1 is 1.12 bits per heavy atom. The molecule has 3 nitrogen and oxygen atoms in total. The van der Waals surface area contributed by atoms with Gasteiger partial charge in [0.2, 0.25) is 0 Å². The highest BCUT2D eigenvalue weighted by Gasteiger charge is 2.29. The van der Waals surface area contributed by atoms with Gasteiger partial charge in [0.15, 0.2) is 0 Å². The van der Waals surface area contributed by atoms with E-state index in [2.05, 4.69) is 41.5 Å². The van der Waals surface area contributed by atoms with Gasteiger partial charge in [0.25, 0.3) is 0 Å². The number of aliphatic hydroxyl groups excluding tert-OH is 1. The first-order valence-electron chi connectivity index (χ1n) is 6.06. The van der Waals surface area contributed by atoms with Crippen molar-refractivity contribution >= 4 is 0 Å². The molecule has 0 spiro atoms. The lowest BCUT2D eigenvalue weighted by Crippen LogP contribution is -2.48.